The molecular formula is C18H29N5O3S. The summed E-state index contributed by atoms with van der Waals surface area (Å²) in [7, 11) is 0.0417. The molecule has 27 heavy (non-hydrogen) atoms. The molecule has 150 valence electrons. The summed E-state index contributed by atoms with van der Waals surface area (Å²) in [6.07, 6.45) is 4.82. The van der Waals surface area contributed by atoms with Crippen molar-refractivity contribution in [1.82, 2.24) is 19.2 Å². The van der Waals surface area contributed by atoms with Crippen LogP contribution in [0.3, 0.4) is 0 Å². The van der Waals surface area contributed by atoms with Crippen molar-refractivity contribution in [3.8, 4) is 0 Å². The van der Waals surface area contributed by atoms with Gasteiger partial charge in [-0.25, -0.2) is 18.4 Å². The first kappa shape index (κ1) is 20.0. The van der Waals surface area contributed by atoms with Crippen LogP contribution in [0.2, 0.25) is 0 Å². The fourth-order valence-electron chi connectivity index (χ4n) is 4.40. The minimum atomic E-state index is -3.43. The van der Waals surface area contributed by atoms with Crippen molar-refractivity contribution >= 4 is 21.9 Å². The predicted octanol–water partition coefficient (Wildman–Crippen LogP) is 0.821. The molecule has 2 aliphatic rings. The highest BCUT2D eigenvalue weighted by Gasteiger charge is 2.58. The third-order valence-electron chi connectivity index (χ3n) is 5.45. The molecule has 0 radical (unpaired) electrons. The van der Waals surface area contributed by atoms with Gasteiger partial charge >= 0.3 is 0 Å². The van der Waals surface area contributed by atoms with Crippen molar-refractivity contribution in [1.29, 1.82) is 0 Å². The predicted molar refractivity (Wildman–Crippen MR) is 104 cm³/mol. The van der Waals surface area contributed by atoms with E-state index in [9.17, 15) is 13.2 Å². The van der Waals surface area contributed by atoms with Crippen molar-refractivity contribution in [2.45, 2.75) is 32.7 Å². The van der Waals surface area contributed by atoms with Crippen LogP contribution in [0.5, 0.6) is 0 Å². The topological polar surface area (TPSA) is 86.7 Å². The summed E-state index contributed by atoms with van der Waals surface area (Å²) in [5.74, 6) is 0.664. The number of anilines is 1. The number of carbonyl (C=O) groups excluding carboxylic acids is 1. The van der Waals surface area contributed by atoms with E-state index in [0.717, 1.165) is 13.0 Å². The van der Waals surface area contributed by atoms with Gasteiger partial charge in [0.15, 0.2) is 0 Å². The lowest BCUT2D eigenvalue weighted by molar-refractivity contribution is -0.140. The van der Waals surface area contributed by atoms with Crippen LogP contribution in [-0.4, -0.2) is 79.0 Å². The highest BCUT2D eigenvalue weighted by molar-refractivity contribution is 7.89. The highest BCUT2D eigenvalue weighted by Crippen LogP contribution is 2.45. The first-order valence-electron chi connectivity index (χ1n) is 9.40. The number of amides is 1. The summed E-state index contributed by atoms with van der Waals surface area (Å²) in [6, 6.07) is 1.49. The Morgan fingerprint density at radius 3 is 2.59 bits per heavy atom. The summed E-state index contributed by atoms with van der Waals surface area (Å²) in [5, 5.41) is 0. The van der Waals surface area contributed by atoms with Gasteiger partial charge in [-0.05, 0) is 24.8 Å². The van der Waals surface area contributed by atoms with Crippen LogP contribution in [0, 0.1) is 11.3 Å². The number of sulfonamides is 1. The van der Waals surface area contributed by atoms with E-state index in [4.69, 9.17) is 0 Å². The van der Waals surface area contributed by atoms with E-state index in [0.29, 0.717) is 18.9 Å². The van der Waals surface area contributed by atoms with Crippen LogP contribution in [0.15, 0.2) is 18.5 Å². The fraction of sp³-hybridized carbons (Fsp3) is 0.722. The third-order valence-corrected chi connectivity index (χ3v) is 7.60. The Balaban J connectivity index is 2.01. The van der Waals surface area contributed by atoms with Crippen molar-refractivity contribution in [3.05, 3.63) is 18.5 Å². The van der Waals surface area contributed by atoms with Gasteiger partial charge in [-0.3, -0.25) is 4.79 Å². The van der Waals surface area contributed by atoms with Gasteiger partial charge in [0.05, 0.1) is 17.2 Å². The largest absolute Gasteiger partial charge is 0.348 e. The summed E-state index contributed by atoms with van der Waals surface area (Å²) in [4.78, 5) is 25.5. The van der Waals surface area contributed by atoms with E-state index in [2.05, 4.69) is 9.97 Å². The number of piperidine rings is 1. The van der Waals surface area contributed by atoms with Crippen LogP contribution in [-0.2, 0) is 14.8 Å². The Kier molecular flexibility index (Phi) is 5.45. The van der Waals surface area contributed by atoms with E-state index < -0.39 is 15.4 Å². The molecule has 0 N–H and O–H groups in total. The van der Waals surface area contributed by atoms with Crippen molar-refractivity contribution < 1.29 is 13.2 Å². The number of nitrogens with zero attached hydrogens (tertiary/aromatic N) is 5. The molecule has 9 heteroatoms. The molecule has 0 aliphatic carbocycles. The first-order valence-corrected chi connectivity index (χ1v) is 11.0. The van der Waals surface area contributed by atoms with Crippen LogP contribution in [0.25, 0.3) is 0 Å². The van der Waals surface area contributed by atoms with E-state index in [1.165, 1.54) is 4.31 Å². The number of hydrogen-bond donors (Lipinski definition) is 0. The summed E-state index contributed by atoms with van der Waals surface area (Å²) in [5.41, 5.74) is -0.759. The second-order valence-electron chi connectivity index (χ2n) is 8.18. The summed E-state index contributed by atoms with van der Waals surface area (Å²) < 4.78 is 27.3. The van der Waals surface area contributed by atoms with Crippen molar-refractivity contribution in [3.63, 3.8) is 0 Å². The van der Waals surface area contributed by atoms with Gasteiger partial charge in [-0.15, -0.1) is 0 Å². The van der Waals surface area contributed by atoms with Gasteiger partial charge in [0.25, 0.3) is 0 Å². The Morgan fingerprint density at radius 1 is 1.33 bits per heavy atom. The molecule has 0 saturated carbocycles. The lowest BCUT2D eigenvalue weighted by Crippen LogP contribution is -2.58. The molecule has 1 aromatic rings. The molecule has 0 bridgehead atoms. The smallest absolute Gasteiger partial charge is 0.231 e. The van der Waals surface area contributed by atoms with Crippen LogP contribution < -0.4 is 4.90 Å². The maximum absolute atomic E-state index is 13.2. The number of carbonyl (C=O) groups is 1. The zero-order chi connectivity index (χ0) is 19.8. The number of fused-ring (bicyclic) bond motifs is 1. The van der Waals surface area contributed by atoms with E-state index in [-0.39, 0.29) is 30.2 Å². The van der Waals surface area contributed by atoms with Gasteiger partial charge in [-0.2, -0.15) is 4.31 Å². The zero-order valence-electron chi connectivity index (χ0n) is 16.5. The number of hydrogen-bond acceptors (Lipinski definition) is 6. The molecule has 2 fully saturated rings. The van der Waals surface area contributed by atoms with E-state index in [1.54, 1.807) is 37.5 Å². The van der Waals surface area contributed by atoms with Gasteiger partial charge in [-0.1, -0.05) is 13.8 Å². The van der Waals surface area contributed by atoms with Crippen LogP contribution in [0.4, 0.5) is 5.95 Å². The molecule has 8 nitrogen and oxygen atoms in total. The Morgan fingerprint density at radius 2 is 2.00 bits per heavy atom. The zero-order valence-corrected chi connectivity index (χ0v) is 17.3. The molecule has 0 unspecified atom stereocenters. The van der Waals surface area contributed by atoms with Gasteiger partial charge in [0.2, 0.25) is 21.9 Å². The second kappa shape index (κ2) is 7.35. The average molecular weight is 396 g/mol. The lowest BCUT2D eigenvalue weighted by Gasteiger charge is -2.45. The second-order valence-corrected chi connectivity index (χ2v) is 10.2. The van der Waals surface area contributed by atoms with E-state index >= 15 is 0 Å². The molecule has 2 atom stereocenters. The molecule has 3 heterocycles. The Hall–Kier alpha value is -1.74. The van der Waals surface area contributed by atoms with Gasteiger partial charge in [0.1, 0.15) is 0 Å². The summed E-state index contributed by atoms with van der Waals surface area (Å²) >= 11 is 0. The van der Waals surface area contributed by atoms with Crippen molar-refractivity contribution in [2.75, 3.05) is 44.4 Å². The maximum atomic E-state index is 13.2. The molecule has 2 aliphatic heterocycles. The molecular weight excluding hydrogens is 366 g/mol. The number of rotatable bonds is 5. The van der Waals surface area contributed by atoms with Gasteiger partial charge < -0.3 is 9.80 Å². The lowest BCUT2D eigenvalue weighted by atomic mass is 9.74. The fourth-order valence-corrected chi connectivity index (χ4v) is 6.24. The first-order chi connectivity index (χ1) is 12.7. The third kappa shape index (κ3) is 3.67. The van der Waals surface area contributed by atoms with Crippen LogP contribution >= 0.6 is 0 Å². The molecule has 1 aromatic heterocycles. The standard InChI is InChI=1S/C18H29N5O3S/c1-14(2)12-27(25,26)22-11-15-18(13-22,16(24)21(3)4)7-5-10-23(15)17-19-8-6-9-20-17/h6,8-9,14-15H,5,7,10-13H2,1-4H3/t15-,18-/m1/s1. The minimum Gasteiger partial charge on any atom is -0.348 e. The molecule has 0 spiro atoms. The Labute approximate surface area is 161 Å². The monoisotopic (exact) mass is 395 g/mol. The maximum Gasteiger partial charge on any atom is 0.231 e. The SMILES string of the molecule is CC(C)CS(=O)(=O)N1C[C@H]2N(c3ncccn3)CCC[C@@]2(C(=O)N(C)C)C1. The highest BCUT2D eigenvalue weighted by atomic mass is 32.2. The van der Waals surface area contributed by atoms with E-state index in [1.807, 2.05) is 18.7 Å². The van der Waals surface area contributed by atoms with Crippen molar-refractivity contribution in [2.24, 2.45) is 11.3 Å². The van der Waals surface area contributed by atoms with Gasteiger partial charge in [0, 0.05) is 46.1 Å². The normalized spacial score (nSPS) is 26.3. The average Bonchev–Trinajstić information content (AvgIpc) is 3.02. The molecule has 2 saturated heterocycles. The van der Waals surface area contributed by atoms with Crippen LogP contribution in [0.1, 0.15) is 26.7 Å². The number of aromatic nitrogens is 2. The summed E-state index contributed by atoms with van der Waals surface area (Å²) in [6.45, 7) is 5.03. The Bertz CT molecular complexity index is 783. The molecule has 1 amide bonds. The quantitative estimate of drug-likeness (QED) is 0.734. The molecule has 0 aromatic carbocycles. The molecule has 3 rings (SSSR count). The minimum absolute atomic E-state index is 0.0182.